The van der Waals surface area contributed by atoms with Gasteiger partial charge in [-0.3, -0.25) is 4.79 Å². The fourth-order valence-corrected chi connectivity index (χ4v) is 3.92. The molecule has 1 aliphatic heterocycles. The van der Waals surface area contributed by atoms with E-state index in [0.29, 0.717) is 6.54 Å². The molecular formula is C24H32N2O. The molecule has 0 radical (unpaired) electrons. The summed E-state index contributed by atoms with van der Waals surface area (Å²) in [5, 5.41) is 0. The molecule has 0 bridgehead atoms. The maximum atomic E-state index is 13.3. The number of piperidine rings is 1. The van der Waals surface area contributed by atoms with Crippen LogP contribution in [0.1, 0.15) is 43.2 Å². The Balaban J connectivity index is 1.67. The molecule has 144 valence electrons. The number of nitrogens with zero attached hydrogens (tertiary/aromatic N) is 2. The van der Waals surface area contributed by atoms with Crippen LogP contribution in [-0.4, -0.2) is 42.4 Å². The van der Waals surface area contributed by atoms with Crippen LogP contribution in [0.4, 0.5) is 0 Å². The average Bonchev–Trinajstić information content (AvgIpc) is 2.72. The van der Waals surface area contributed by atoms with Gasteiger partial charge in [0.1, 0.15) is 0 Å². The fourth-order valence-electron chi connectivity index (χ4n) is 3.92. The van der Waals surface area contributed by atoms with E-state index in [1.165, 1.54) is 31.5 Å². The minimum atomic E-state index is -0.104. The van der Waals surface area contributed by atoms with E-state index >= 15 is 0 Å². The number of carbonyl (C=O) groups is 1. The maximum Gasteiger partial charge on any atom is 0.230 e. The summed E-state index contributed by atoms with van der Waals surface area (Å²) >= 11 is 0. The Morgan fingerprint density at radius 1 is 1.04 bits per heavy atom. The van der Waals surface area contributed by atoms with Crippen LogP contribution in [0.3, 0.4) is 0 Å². The lowest BCUT2D eigenvalue weighted by molar-refractivity contribution is -0.133. The zero-order valence-electron chi connectivity index (χ0n) is 16.7. The number of hydrogen-bond donors (Lipinski definition) is 0. The number of amides is 1. The number of benzene rings is 2. The predicted octanol–water partition coefficient (Wildman–Crippen LogP) is 4.55. The van der Waals surface area contributed by atoms with Crippen molar-refractivity contribution in [2.24, 2.45) is 5.92 Å². The summed E-state index contributed by atoms with van der Waals surface area (Å²) in [6.45, 7) is 5.93. The van der Waals surface area contributed by atoms with E-state index in [1.54, 1.807) is 0 Å². The van der Waals surface area contributed by atoms with Crippen molar-refractivity contribution in [1.82, 2.24) is 9.80 Å². The van der Waals surface area contributed by atoms with Gasteiger partial charge in [0, 0.05) is 13.1 Å². The highest BCUT2D eigenvalue weighted by Gasteiger charge is 2.24. The van der Waals surface area contributed by atoms with Crippen LogP contribution in [0, 0.1) is 5.92 Å². The first-order valence-corrected chi connectivity index (χ1v) is 10.2. The first-order chi connectivity index (χ1) is 13.1. The Morgan fingerprint density at radius 3 is 2.26 bits per heavy atom. The van der Waals surface area contributed by atoms with Crippen LogP contribution in [-0.2, 0) is 11.3 Å². The molecule has 1 amide bonds. The molecule has 2 aromatic rings. The van der Waals surface area contributed by atoms with Crippen LogP contribution >= 0.6 is 0 Å². The summed E-state index contributed by atoms with van der Waals surface area (Å²) in [7, 11) is 2.20. The Bertz CT molecular complexity index is 693. The average molecular weight is 365 g/mol. The molecule has 1 saturated heterocycles. The van der Waals surface area contributed by atoms with Gasteiger partial charge in [-0.2, -0.15) is 0 Å². The van der Waals surface area contributed by atoms with Gasteiger partial charge in [0.25, 0.3) is 0 Å². The van der Waals surface area contributed by atoms with Gasteiger partial charge in [0.2, 0.25) is 5.91 Å². The zero-order valence-corrected chi connectivity index (χ0v) is 16.7. The van der Waals surface area contributed by atoms with Gasteiger partial charge >= 0.3 is 0 Å². The quantitative estimate of drug-likeness (QED) is 0.719. The molecule has 1 fully saturated rings. The van der Waals surface area contributed by atoms with Crippen molar-refractivity contribution < 1.29 is 4.79 Å². The summed E-state index contributed by atoms with van der Waals surface area (Å²) < 4.78 is 0. The minimum absolute atomic E-state index is 0.104. The molecular weight excluding hydrogens is 332 g/mol. The second-order valence-corrected chi connectivity index (χ2v) is 7.91. The molecule has 3 nitrogen and oxygen atoms in total. The molecule has 0 N–H and O–H groups in total. The standard InChI is InChI=1S/C24H32N2O/c1-20(23-11-7-4-8-12-23)24(27)26(19-22-9-5-3-6-10-22)18-15-21-13-16-25(2)17-14-21/h3-12,20-21H,13-19H2,1-2H3. The van der Waals surface area contributed by atoms with Gasteiger partial charge in [-0.15, -0.1) is 0 Å². The summed E-state index contributed by atoms with van der Waals surface area (Å²) in [6.07, 6.45) is 3.60. The highest BCUT2D eigenvalue weighted by Crippen LogP contribution is 2.23. The second-order valence-electron chi connectivity index (χ2n) is 7.91. The van der Waals surface area contributed by atoms with Crippen LogP contribution < -0.4 is 0 Å². The van der Waals surface area contributed by atoms with Crippen LogP contribution in [0.25, 0.3) is 0 Å². The number of rotatable bonds is 7. The smallest absolute Gasteiger partial charge is 0.230 e. The molecule has 0 aliphatic carbocycles. The number of carbonyl (C=O) groups excluding carboxylic acids is 1. The largest absolute Gasteiger partial charge is 0.338 e. The normalized spacial score (nSPS) is 16.8. The van der Waals surface area contributed by atoms with E-state index in [0.717, 1.165) is 24.4 Å². The summed E-state index contributed by atoms with van der Waals surface area (Å²) in [6, 6.07) is 20.5. The molecule has 0 spiro atoms. The second kappa shape index (κ2) is 9.70. The van der Waals surface area contributed by atoms with E-state index in [9.17, 15) is 4.79 Å². The van der Waals surface area contributed by atoms with Crippen molar-refractivity contribution in [3.05, 3.63) is 71.8 Å². The fraction of sp³-hybridized carbons (Fsp3) is 0.458. The predicted molar refractivity (Wildman–Crippen MR) is 112 cm³/mol. The highest BCUT2D eigenvalue weighted by atomic mass is 16.2. The van der Waals surface area contributed by atoms with Crippen LogP contribution in [0.2, 0.25) is 0 Å². The Kier molecular flexibility index (Phi) is 7.05. The maximum absolute atomic E-state index is 13.3. The SMILES string of the molecule is CC(C(=O)N(CCC1CCN(C)CC1)Cc1ccccc1)c1ccccc1. The molecule has 1 unspecified atom stereocenters. The van der Waals surface area contributed by atoms with Gasteiger partial charge in [0.05, 0.1) is 5.92 Å². The van der Waals surface area contributed by atoms with Gasteiger partial charge in [-0.1, -0.05) is 60.7 Å². The topological polar surface area (TPSA) is 23.6 Å². The lowest BCUT2D eigenvalue weighted by Gasteiger charge is -2.32. The molecule has 2 aromatic carbocycles. The van der Waals surface area contributed by atoms with Gasteiger partial charge in [-0.05, 0) is 63.4 Å². The van der Waals surface area contributed by atoms with Crippen LogP contribution in [0.15, 0.2) is 60.7 Å². The van der Waals surface area contributed by atoms with Crippen molar-refractivity contribution >= 4 is 5.91 Å². The van der Waals surface area contributed by atoms with Crippen molar-refractivity contribution in [3.63, 3.8) is 0 Å². The summed E-state index contributed by atoms with van der Waals surface area (Å²) in [5.74, 6) is 0.865. The molecule has 1 atom stereocenters. The highest BCUT2D eigenvalue weighted by molar-refractivity contribution is 5.83. The lowest BCUT2D eigenvalue weighted by Crippen LogP contribution is -2.37. The molecule has 27 heavy (non-hydrogen) atoms. The number of hydrogen-bond acceptors (Lipinski definition) is 2. The number of likely N-dealkylation sites (tertiary alicyclic amines) is 1. The molecule has 3 heteroatoms. The summed E-state index contributed by atoms with van der Waals surface area (Å²) in [5.41, 5.74) is 2.30. The first-order valence-electron chi connectivity index (χ1n) is 10.2. The molecule has 3 rings (SSSR count). The molecule has 1 heterocycles. The summed E-state index contributed by atoms with van der Waals surface area (Å²) in [4.78, 5) is 17.8. The van der Waals surface area contributed by atoms with Gasteiger partial charge < -0.3 is 9.80 Å². The lowest BCUT2D eigenvalue weighted by atomic mass is 9.93. The third-order valence-corrected chi connectivity index (χ3v) is 5.84. The van der Waals surface area contributed by atoms with Crippen molar-refractivity contribution in [3.8, 4) is 0 Å². The van der Waals surface area contributed by atoms with E-state index in [4.69, 9.17) is 0 Å². The zero-order chi connectivity index (χ0) is 19.1. The van der Waals surface area contributed by atoms with Crippen molar-refractivity contribution in [2.75, 3.05) is 26.7 Å². The molecule has 1 aliphatic rings. The molecule has 0 saturated carbocycles. The monoisotopic (exact) mass is 364 g/mol. The van der Waals surface area contributed by atoms with Gasteiger partial charge in [-0.25, -0.2) is 0 Å². The Hall–Kier alpha value is -2.13. The third kappa shape index (κ3) is 5.67. The van der Waals surface area contributed by atoms with E-state index in [1.807, 2.05) is 31.2 Å². The van der Waals surface area contributed by atoms with Crippen molar-refractivity contribution in [1.29, 1.82) is 0 Å². The van der Waals surface area contributed by atoms with E-state index in [-0.39, 0.29) is 11.8 Å². The molecule has 0 aromatic heterocycles. The Morgan fingerprint density at radius 2 is 1.63 bits per heavy atom. The van der Waals surface area contributed by atoms with E-state index < -0.39 is 0 Å². The van der Waals surface area contributed by atoms with Gasteiger partial charge in [0.15, 0.2) is 0 Å². The van der Waals surface area contributed by atoms with Crippen molar-refractivity contribution in [2.45, 2.75) is 38.6 Å². The first kappa shape index (κ1) is 19.6. The Labute approximate surface area is 164 Å². The van der Waals surface area contributed by atoms with E-state index in [2.05, 4.69) is 53.2 Å². The minimum Gasteiger partial charge on any atom is -0.338 e. The third-order valence-electron chi connectivity index (χ3n) is 5.84. The van der Waals surface area contributed by atoms with Crippen LogP contribution in [0.5, 0.6) is 0 Å².